The molecule has 1 aliphatic carbocycles. The van der Waals surface area contributed by atoms with Crippen LogP contribution in [0.5, 0.6) is 0 Å². The molecule has 3 heteroatoms. The Balaban J connectivity index is 1.86. The first-order valence-corrected chi connectivity index (χ1v) is 6.17. The summed E-state index contributed by atoms with van der Waals surface area (Å²) in [5.41, 5.74) is 0. The fourth-order valence-corrected chi connectivity index (χ4v) is 2.61. The lowest BCUT2D eigenvalue weighted by Gasteiger charge is -2.19. The Morgan fingerprint density at radius 3 is 1.71 bits per heavy atom. The minimum absolute atomic E-state index is 0.0331. The highest BCUT2D eigenvalue weighted by Crippen LogP contribution is 2.27. The lowest BCUT2D eigenvalue weighted by Crippen LogP contribution is -2.22. The molecule has 2 atom stereocenters. The average Bonchev–Trinajstić information content (AvgIpc) is 2.52. The third-order valence-corrected chi connectivity index (χ3v) is 3.37. The number of rotatable bonds is 0. The third-order valence-electron chi connectivity index (χ3n) is 3.37. The normalized spacial score (nSPS) is 35.4. The first-order valence-electron chi connectivity index (χ1n) is 6.17. The Kier molecular flexibility index (Phi) is 3.88. The number of hydrogen-bond donors (Lipinski definition) is 0. The third kappa shape index (κ3) is 2.74. The van der Waals surface area contributed by atoms with Gasteiger partial charge in [-0.2, -0.15) is 0 Å². The average molecular weight is 196 g/mol. The first kappa shape index (κ1) is 10.5. The zero-order valence-electron chi connectivity index (χ0n) is 9.21. The van der Waals surface area contributed by atoms with Crippen LogP contribution in [0.25, 0.3) is 0 Å². The largest absolute Gasteiger partial charge is 0.454 e. The van der Waals surface area contributed by atoms with Crippen molar-refractivity contribution in [3.63, 3.8) is 0 Å². The van der Waals surface area contributed by atoms with Gasteiger partial charge < -0.3 is 9.31 Å². The summed E-state index contributed by atoms with van der Waals surface area (Å²) in [5, 5.41) is 0. The molecular formula is C11H21BO2. The summed E-state index contributed by atoms with van der Waals surface area (Å²) in [7, 11) is 0.0331. The highest BCUT2D eigenvalue weighted by molar-refractivity contribution is 6.43. The van der Waals surface area contributed by atoms with Crippen LogP contribution in [-0.2, 0) is 9.31 Å². The molecule has 2 unspecified atom stereocenters. The van der Waals surface area contributed by atoms with Gasteiger partial charge in [0, 0.05) is 0 Å². The van der Waals surface area contributed by atoms with Crippen molar-refractivity contribution in [1.29, 1.82) is 0 Å². The molecule has 2 rings (SSSR count). The van der Waals surface area contributed by atoms with E-state index in [1.807, 2.05) is 6.82 Å². The van der Waals surface area contributed by atoms with E-state index in [1.165, 1.54) is 51.4 Å². The molecule has 0 radical (unpaired) electrons. The molecule has 0 N–H and O–H groups in total. The van der Waals surface area contributed by atoms with Crippen LogP contribution < -0.4 is 0 Å². The van der Waals surface area contributed by atoms with Crippen LogP contribution in [-0.4, -0.2) is 19.3 Å². The van der Waals surface area contributed by atoms with E-state index >= 15 is 0 Å². The molecule has 80 valence electrons. The van der Waals surface area contributed by atoms with Gasteiger partial charge in [0.2, 0.25) is 0 Å². The van der Waals surface area contributed by atoms with Crippen molar-refractivity contribution >= 4 is 7.12 Å². The van der Waals surface area contributed by atoms with Gasteiger partial charge in [0.05, 0.1) is 12.2 Å². The molecule has 0 amide bonds. The molecule has 2 nitrogen and oxygen atoms in total. The van der Waals surface area contributed by atoms with Crippen LogP contribution in [0.2, 0.25) is 6.82 Å². The standard InChI is InChI=1S/C11H21BO2/c1-12-13-10-8-6-4-2-3-5-7-9-11(10)14-12/h10-11H,2-9H2,1H3. The predicted octanol–water partition coefficient (Wildman–Crippen LogP) is 3.02. The van der Waals surface area contributed by atoms with E-state index in [-0.39, 0.29) is 7.12 Å². The molecule has 0 spiro atoms. The van der Waals surface area contributed by atoms with Gasteiger partial charge in [0.1, 0.15) is 0 Å². The molecule has 14 heavy (non-hydrogen) atoms. The van der Waals surface area contributed by atoms with Gasteiger partial charge in [0.15, 0.2) is 0 Å². The molecule has 2 fully saturated rings. The van der Waals surface area contributed by atoms with Crippen molar-refractivity contribution in [2.45, 2.75) is 70.4 Å². The minimum Gasteiger partial charge on any atom is -0.406 e. The fraction of sp³-hybridized carbons (Fsp3) is 1.00. The van der Waals surface area contributed by atoms with Crippen molar-refractivity contribution in [2.24, 2.45) is 0 Å². The summed E-state index contributed by atoms with van der Waals surface area (Å²) < 4.78 is 11.5. The van der Waals surface area contributed by atoms with E-state index in [4.69, 9.17) is 9.31 Å². The summed E-state index contributed by atoms with van der Waals surface area (Å²) in [4.78, 5) is 0. The maximum absolute atomic E-state index is 5.77. The maximum atomic E-state index is 5.77. The first-order chi connectivity index (χ1) is 6.86. The van der Waals surface area contributed by atoms with Crippen LogP contribution in [0.3, 0.4) is 0 Å². The lowest BCUT2D eigenvalue weighted by molar-refractivity contribution is 0.131. The fourth-order valence-electron chi connectivity index (χ4n) is 2.61. The van der Waals surface area contributed by atoms with E-state index in [0.717, 1.165) is 0 Å². The van der Waals surface area contributed by atoms with Crippen LogP contribution in [0.1, 0.15) is 51.4 Å². The van der Waals surface area contributed by atoms with Gasteiger partial charge in [-0.25, -0.2) is 0 Å². The summed E-state index contributed by atoms with van der Waals surface area (Å²) in [6, 6.07) is 0. The maximum Gasteiger partial charge on any atom is 0.454 e. The molecular weight excluding hydrogens is 175 g/mol. The molecule has 0 aromatic heterocycles. The van der Waals surface area contributed by atoms with Gasteiger partial charge in [-0.05, 0) is 19.7 Å². The Morgan fingerprint density at radius 1 is 0.786 bits per heavy atom. The molecule has 0 aromatic rings. The Hall–Kier alpha value is -0.0151. The quantitative estimate of drug-likeness (QED) is 0.554. The highest BCUT2D eigenvalue weighted by atomic mass is 16.7. The van der Waals surface area contributed by atoms with Gasteiger partial charge in [-0.1, -0.05) is 38.5 Å². The van der Waals surface area contributed by atoms with E-state index in [0.29, 0.717) is 12.2 Å². The van der Waals surface area contributed by atoms with Crippen molar-refractivity contribution in [3.05, 3.63) is 0 Å². The molecule has 1 heterocycles. The van der Waals surface area contributed by atoms with Crippen molar-refractivity contribution in [1.82, 2.24) is 0 Å². The molecule has 2 aliphatic rings. The second-order valence-electron chi connectivity index (χ2n) is 4.62. The molecule has 1 saturated heterocycles. The van der Waals surface area contributed by atoms with Crippen molar-refractivity contribution < 1.29 is 9.31 Å². The topological polar surface area (TPSA) is 18.5 Å². The molecule has 1 saturated carbocycles. The minimum atomic E-state index is 0.0331. The van der Waals surface area contributed by atoms with E-state index < -0.39 is 0 Å². The van der Waals surface area contributed by atoms with Crippen LogP contribution in [0.15, 0.2) is 0 Å². The van der Waals surface area contributed by atoms with E-state index in [9.17, 15) is 0 Å². The van der Waals surface area contributed by atoms with Crippen molar-refractivity contribution in [2.75, 3.05) is 0 Å². The van der Waals surface area contributed by atoms with Gasteiger partial charge in [-0.15, -0.1) is 0 Å². The second-order valence-corrected chi connectivity index (χ2v) is 4.62. The van der Waals surface area contributed by atoms with E-state index in [2.05, 4.69) is 0 Å². The van der Waals surface area contributed by atoms with Crippen LogP contribution >= 0.6 is 0 Å². The smallest absolute Gasteiger partial charge is 0.406 e. The van der Waals surface area contributed by atoms with E-state index in [1.54, 1.807) is 0 Å². The SMILES string of the molecule is CB1OC2CCCCCCCCC2O1. The summed E-state index contributed by atoms with van der Waals surface area (Å²) in [6.07, 6.45) is 11.4. The zero-order valence-corrected chi connectivity index (χ0v) is 9.21. The lowest BCUT2D eigenvalue weighted by atomic mass is 9.97. The summed E-state index contributed by atoms with van der Waals surface area (Å²) in [5.74, 6) is 0. The Labute approximate surface area is 87.5 Å². The predicted molar refractivity (Wildman–Crippen MR) is 58.3 cm³/mol. The summed E-state index contributed by atoms with van der Waals surface area (Å²) in [6.45, 7) is 2.02. The second kappa shape index (κ2) is 5.17. The highest BCUT2D eigenvalue weighted by Gasteiger charge is 2.35. The zero-order chi connectivity index (χ0) is 9.80. The van der Waals surface area contributed by atoms with Crippen LogP contribution in [0.4, 0.5) is 0 Å². The Bertz CT molecular complexity index is 157. The molecule has 0 bridgehead atoms. The van der Waals surface area contributed by atoms with Gasteiger partial charge in [-0.3, -0.25) is 0 Å². The summed E-state index contributed by atoms with van der Waals surface area (Å²) >= 11 is 0. The molecule has 1 aliphatic heterocycles. The Morgan fingerprint density at radius 2 is 1.21 bits per heavy atom. The van der Waals surface area contributed by atoms with Gasteiger partial charge >= 0.3 is 7.12 Å². The molecule has 0 aromatic carbocycles. The number of hydrogen-bond acceptors (Lipinski definition) is 2. The number of fused-ring (bicyclic) bond motifs is 1. The van der Waals surface area contributed by atoms with Crippen molar-refractivity contribution in [3.8, 4) is 0 Å². The van der Waals surface area contributed by atoms with Crippen LogP contribution in [0, 0.1) is 0 Å². The monoisotopic (exact) mass is 196 g/mol. The van der Waals surface area contributed by atoms with Gasteiger partial charge in [0.25, 0.3) is 0 Å².